The fourth-order valence-corrected chi connectivity index (χ4v) is 8.65. The van der Waals surface area contributed by atoms with Crippen LogP contribution in [0.2, 0.25) is 0 Å². The number of halogens is 1. The van der Waals surface area contributed by atoms with E-state index < -0.39 is 0 Å². The molecule has 3 aliphatic rings. The minimum Gasteiger partial charge on any atom is -0.352 e. The van der Waals surface area contributed by atoms with Gasteiger partial charge in [0.05, 0.1) is 5.52 Å². The highest BCUT2D eigenvalue weighted by Gasteiger charge is 2.35. The number of aromatic nitrogens is 2. The lowest BCUT2D eigenvalue weighted by Crippen LogP contribution is -2.58. The Morgan fingerprint density at radius 1 is 1.09 bits per heavy atom. The Balaban J connectivity index is 1.49. The number of amides is 1. The first-order valence-electron chi connectivity index (χ1n) is 15.3. The second kappa shape index (κ2) is 12.1. The maximum atomic E-state index is 14.0. The number of carbonyl (C=O) groups excluding carboxylic acids is 1. The molecule has 3 aliphatic heterocycles. The molecule has 2 saturated heterocycles. The van der Waals surface area contributed by atoms with Crippen molar-refractivity contribution in [2.75, 3.05) is 56.5 Å². The van der Waals surface area contributed by atoms with Crippen LogP contribution >= 0.6 is 11.8 Å². The normalized spacial score (nSPS) is 23.4. The third-order valence-electron chi connectivity index (χ3n) is 9.36. The molecule has 0 bridgehead atoms. The molecule has 3 atom stereocenters. The molecule has 0 spiro atoms. The van der Waals surface area contributed by atoms with Crippen molar-refractivity contribution in [3.8, 4) is 11.1 Å². The molecular weight excluding hydrogens is 563 g/mol. The smallest absolute Gasteiger partial charge is 0.350 e. The number of hydrogen-bond acceptors (Lipinski definition) is 7. The van der Waals surface area contributed by atoms with Crippen LogP contribution in [0.5, 0.6) is 0 Å². The fourth-order valence-electron chi connectivity index (χ4n) is 7.19. The van der Waals surface area contributed by atoms with Crippen molar-refractivity contribution in [2.45, 2.75) is 57.3 Å². The van der Waals surface area contributed by atoms with Gasteiger partial charge in [0.25, 0.3) is 0 Å². The zero-order valence-corrected chi connectivity index (χ0v) is 26.4. The average Bonchev–Trinajstić information content (AvgIpc) is 3.20. The Kier molecular flexibility index (Phi) is 8.37. The van der Waals surface area contributed by atoms with Gasteiger partial charge < -0.3 is 14.7 Å². The molecule has 1 unspecified atom stereocenters. The van der Waals surface area contributed by atoms with Crippen LogP contribution in [-0.2, 0) is 11.3 Å². The van der Waals surface area contributed by atoms with Crippen LogP contribution in [0.25, 0.3) is 22.0 Å². The van der Waals surface area contributed by atoms with Gasteiger partial charge in [0, 0.05) is 85.5 Å². The highest BCUT2D eigenvalue weighted by Crippen LogP contribution is 2.44. The third-order valence-corrected chi connectivity index (χ3v) is 10.6. The molecular formula is C33H41FN6O2S. The van der Waals surface area contributed by atoms with E-state index >= 15 is 0 Å². The van der Waals surface area contributed by atoms with E-state index in [9.17, 15) is 14.0 Å². The van der Waals surface area contributed by atoms with Gasteiger partial charge in [-0.25, -0.2) is 9.18 Å². The van der Waals surface area contributed by atoms with Gasteiger partial charge in [-0.3, -0.25) is 14.3 Å². The highest BCUT2D eigenvalue weighted by atomic mass is 32.2. The monoisotopic (exact) mass is 604 g/mol. The molecule has 2 aromatic carbocycles. The summed E-state index contributed by atoms with van der Waals surface area (Å²) in [5, 5.41) is 0.949. The van der Waals surface area contributed by atoms with E-state index in [1.807, 2.05) is 35.4 Å². The van der Waals surface area contributed by atoms with Crippen molar-refractivity contribution in [3.63, 3.8) is 0 Å². The molecule has 0 N–H and O–H groups in total. The van der Waals surface area contributed by atoms with Gasteiger partial charge in [-0.05, 0) is 62.7 Å². The molecule has 2 fully saturated rings. The number of piperazine rings is 2. The Hall–Kier alpha value is -3.21. The van der Waals surface area contributed by atoms with Crippen LogP contribution in [-0.4, -0.2) is 99.8 Å². The summed E-state index contributed by atoms with van der Waals surface area (Å²) in [6.45, 7) is 18.8. The average molecular weight is 605 g/mol. The minimum atomic E-state index is -0.271. The van der Waals surface area contributed by atoms with Gasteiger partial charge in [-0.2, -0.15) is 4.98 Å². The number of nitrogens with zero attached hydrogens (tertiary/aromatic N) is 6. The second-order valence-corrected chi connectivity index (χ2v) is 13.1. The molecule has 8 nitrogen and oxygen atoms in total. The van der Waals surface area contributed by atoms with Crippen molar-refractivity contribution in [1.29, 1.82) is 0 Å². The molecule has 4 heterocycles. The summed E-state index contributed by atoms with van der Waals surface area (Å²) in [6.07, 6.45) is 1.37. The van der Waals surface area contributed by atoms with Gasteiger partial charge in [0.1, 0.15) is 11.6 Å². The van der Waals surface area contributed by atoms with Crippen LogP contribution in [0.4, 0.5) is 10.2 Å². The number of anilines is 1. The molecule has 0 radical (unpaired) electrons. The van der Waals surface area contributed by atoms with E-state index in [1.165, 1.54) is 18.2 Å². The number of benzene rings is 2. The number of carbonyl (C=O) groups is 1. The maximum absolute atomic E-state index is 14.0. The van der Waals surface area contributed by atoms with Gasteiger partial charge in [-0.15, -0.1) is 11.8 Å². The Morgan fingerprint density at radius 2 is 1.77 bits per heavy atom. The van der Waals surface area contributed by atoms with Gasteiger partial charge in [0.15, 0.2) is 0 Å². The second-order valence-electron chi connectivity index (χ2n) is 12.1. The summed E-state index contributed by atoms with van der Waals surface area (Å²) in [7, 11) is 0. The van der Waals surface area contributed by atoms with E-state index in [2.05, 4.69) is 41.2 Å². The van der Waals surface area contributed by atoms with Crippen LogP contribution in [0, 0.1) is 12.7 Å². The summed E-state index contributed by atoms with van der Waals surface area (Å²) in [6, 6.07) is 8.87. The van der Waals surface area contributed by atoms with Gasteiger partial charge >= 0.3 is 5.69 Å². The maximum Gasteiger partial charge on any atom is 0.350 e. The van der Waals surface area contributed by atoms with Crippen molar-refractivity contribution in [2.24, 2.45) is 0 Å². The molecule has 3 aromatic rings. The SMILES string of the molecule is C=CC(=O)N1[C@H](C)CN(c2nc(=O)n3c4c(c(-c5ccc(F)cc5)c(C)cc24)SCC(N2CCN(CC)CC2)C3)C[C@@H]1C. The number of aryl methyl sites for hydroxylation is 1. The summed E-state index contributed by atoms with van der Waals surface area (Å²) < 4.78 is 15.9. The Bertz CT molecular complexity index is 1590. The molecule has 43 heavy (non-hydrogen) atoms. The molecule has 1 aromatic heterocycles. The van der Waals surface area contributed by atoms with Crippen LogP contribution < -0.4 is 10.6 Å². The molecule has 1 amide bonds. The zero-order chi connectivity index (χ0) is 30.4. The third kappa shape index (κ3) is 5.49. The fraction of sp³-hybridized carbons (Fsp3) is 0.485. The number of thioether (sulfide) groups is 1. The Morgan fingerprint density at radius 3 is 2.40 bits per heavy atom. The topological polar surface area (TPSA) is 64.9 Å². The van der Waals surface area contributed by atoms with Gasteiger partial charge in [0.2, 0.25) is 5.91 Å². The van der Waals surface area contributed by atoms with E-state index in [1.54, 1.807) is 11.8 Å². The van der Waals surface area contributed by atoms with Crippen LogP contribution in [0.1, 0.15) is 26.3 Å². The summed E-state index contributed by atoms with van der Waals surface area (Å²) >= 11 is 1.80. The van der Waals surface area contributed by atoms with E-state index in [0.29, 0.717) is 25.5 Å². The molecule has 6 rings (SSSR count). The standard InChI is InChI=1S/C33H41FN6O2S/c1-6-28(41)40-22(4)17-38(18-23(40)5)32-27-16-21(3)29(24-8-10-25(34)11-9-24)31-30(27)39(33(42)35-32)19-26(20-43-31)37-14-12-36(7-2)13-15-37/h6,8-11,16,22-23,26H,1,7,12-15,17-20H2,2-5H3/t22-,23+,26?. The molecule has 0 aliphatic carbocycles. The van der Waals surface area contributed by atoms with Gasteiger partial charge in [-0.1, -0.05) is 25.6 Å². The summed E-state index contributed by atoms with van der Waals surface area (Å²) in [5.74, 6) is 1.17. The predicted octanol–water partition coefficient (Wildman–Crippen LogP) is 4.23. The lowest BCUT2D eigenvalue weighted by molar-refractivity contribution is -0.130. The first-order chi connectivity index (χ1) is 20.7. The predicted molar refractivity (Wildman–Crippen MR) is 173 cm³/mol. The Labute approximate surface area is 257 Å². The number of hydrogen-bond donors (Lipinski definition) is 0. The van der Waals surface area contributed by atoms with E-state index in [4.69, 9.17) is 4.98 Å². The van der Waals surface area contributed by atoms with Crippen molar-refractivity contribution >= 4 is 34.4 Å². The first-order valence-corrected chi connectivity index (χ1v) is 16.3. The van der Waals surface area contributed by atoms with Crippen molar-refractivity contribution in [1.82, 2.24) is 24.3 Å². The number of likely N-dealkylation sites (N-methyl/N-ethyl adjacent to an activating group) is 1. The van der Waals surface area contributed by atoms with Crippen molar-refractivity contribution < 1.29 is 9.18 Å². The van der Waals surface area contributed by atoms with E-state index in [0.717, 1.165) is 71.0 Å². The lowest BCUT2D eigenvalue weighted by atomic mass is 9.97. The molecule has 228 valence electrons. The minimum absolute atomic E-state index is 0.0659. The molecule has 0 saturated carbocycles. The van der Waals surface area contributed by atoms with Crippen LogP contribution in [0.15, 0.2) is 52.7 Å². The largest absolute Gasteiger partial charge is 0.352 e. The quantitative estimate of drug-likeness (QED) is 0.404. The number of rotatable bonds is 5. The first kappa shape index (κ1) is 29.8. The van der Waals surface area contributed by atoms with E-state index in [-0.39, 0.29) is 35.5 Å². The molecule has 10 heteroatoms. The van der Waals surface area contributed by atoms with Crippen LogP contribution in [0.3, 0.4) is 0 Å². The summed E-state index contributed by atoms with van der Waals surface area (Å²) in [5.41, 5.74) is 3.70. The van der Waals surface area contributed by atoms with Crippen molar-refractivity contribution in [3.05, 3.63) is 64.9 Å². The lowest BCUT2D eigenvalue weighted by Gasteiger charge is -2.44. The summed E-state index contributed by atoms with van der Waals surface area (Å²) in [4.78, 5) is 41.4. The zero-order valence-electron chi connectivity index (χ0n) is 25.6. The highest BCUT2D eigenvalue weighted by molar-refractivity contribution is 7.99.